The maximum atomic E-state index is 2.44. The van der Waals surface area contributed by atoms with Gasteiger partial charge in [0.2, 0.25) is 0 Å². The molecule has 0 radical (unpaired) electrons. The van der Waals surface area contributed by atoms with Crippen LogP contribution >= 0.6 is 0 Å². The Kier molecular flexibility index (Phi) is 4.97. The first-order valence-corrected chi connectivity index (χ1v) is 8.19. The lowest BCUT2D eigenvalue weighted by Gasteiger charge is -2.31. The highest BCUT2D eigenvalue weighted by molar-refractivity contribution is 5.63. The first kappa shape index (κ1) is 15.9. The molecule has 1 aliphatic heterocycles. The molecule has 0 aromatic heterocycles. The minimum absolute atomic E-state index is 0.393. The number of anilines is 1. The summed E-state index contributed by atoms with van der Waals surface area (Å²) in [5, 5.41) is 0. The highest BCUT2D eigenvalue weighted by Gasteiger charge is 2.24. The summed E-state index contributed by atoms with van der Waals surface area (Å²) in [5.74, 6) is 1.36. The third kappa shape index (κ3) is 3.61. The minimum Gasteiger partial charge on any atom is -0.359 e. The molecule has 0 saturated carbocycles. The molecule has 1 aromatic carbocycles. The summed E-state index contributed by atoms with van der Waals surface area (Å²) < 4.78 is 0. The Morgan fingerprint density at radius 3 is 1.86 bits per heavy atom. The molecule has 0 N–H and O–H groups in total. The van der Waals surface area contributed by atoms with Crippen LogP contribution in [0.3, 0.4) is 0 Å². The summed E-state index contributed by atoms with van der Waals surface area (Å²) in [7, 11) is 2.15. The number of nitrogens with zero attached hydrogens (tertiary/aromatic N) is 2. The van der Waals surface area contributed by atoms with Gasteiger partial charge in [0, 0.05) is 25.1 Å². The average molecular weight is 286 g/mol. The van der Waals surface area contributed by atoms with Crippen LogP contribution < -0.4 is 4.90 Å². The van der Waals surface area contributed by atoms with E-state index in [0.29, 0.717) is 18.0 Å². The van der Waals surface area contributed by atoms with E-state index in [0.717, 1.165) is 12.8 Å². The molecular formula is C19H30N2. The third-order valence-electron chi connectivity index (χ3n) is 4.17. The van der Waals surface area contributed by atoms with E-state index in [-0.39, 0.29) is 0 Å². The highest BCUT2D eigenvalue weighted by Crippen LogP contribution is 2.33. The molecule has 21 heavy (non-hydrogen) atoms. The molecule has 0 fully saturated rings. The molecule has 1 aromatic rings. The van der Waals surface area contributed by atoms with Crippen molar-refractivity contribution >= 4 is 5.69 Å². The molecule has 0 saturated heterocycles. The van der Waals surface area contributed by atoms with Gasteiger partial charge in [-0.15, -0.1) is 0 Å². The predicted octanol–water partition coefficient (Wildman–Crippen LogP) is 4.65. The number of rotatable bonds is 5. The van der Waals surface area contributed by atoms with E-state index in [1.54, 1.807) is 0 Å². The fourth-order valence-corrected chi connectivity index (χ4v) is 3.07. The predicted molar refractivity (Wildman–Crippen MR) is 92.4 cm³/mol. The van der Waals surface area contributed by atoms with Crippen LogP contribution in [0.1, 0.15) is 45.7 Å². The van der Waals surface area contributed by atoms with Crippen molar-refractivity contribution in [2.75, 3.05) is 11.9 Å². The summed E-state index contributed by atoms with van der Waals surface area (Å²) in [6.45, 7) is 11.5. The Balaban J connectivity index is 2.45. The second-order valence-electron chi connectivity index (χ2n) is 7.12. The lowest BCUT2D eigenvalue weighted by Crippen LogP contribution is -2.34. The van der Waals surface area contributed by atoms with Crippen LogP contribution in [0.25, 0.3) is 0 Å². The largest absolute Gasteiger partial charge is 0.359 e. The van der Waals surface area contributed by atoms with Crippen LogP contribution in [0, 0.1) is 11.8 Å². The Bertz CT molecular complexity index is 474. The van der Waals surface area contributed by atoms with Crippen molar-refractivity contribution in [3.05, 3.63) is 41.7 Å². The van der Waals surface area contributed by atoms with Crippen molar-refractivity contribution in [2.24, 2.45) is 11.8 Å². The SMILES string of the molecule is CC(C)Cc1cccc(CC(C)C)c1N1C=CN(C)C1C. The van der Waals surface area contributed by atoms with Gasteiger partial charge in [0.05, 0.1) is 0 Å². The van der Waals surface area contributed by atoms with Crippen molar-refractivity contribution in [1.29, 1.82) is 0 Å². The van der Waals surface area contributed by atoms with Crippen molar-refractivity contribution in [2.45, 2.75) is 53.6 Å². The topological polar surface area (TPSA) is 6.48 Å². The molecular weight excluding hydrogens is 256 g/mol. The van der Waals surface area contributed by atoms with Crippen LogP contribution in [0.5, 0.6) is 0 Å². The minimum atomic E-state index is 0.393. The lowest BCUT2D eigenvalue weighted by molar-refractivity contribution is 0.382. The van der Waals surface area contributed by atoms with E-state index in [2.05, 4.69) is 82.1 Å². The molecule has 2 nitrogen and oxygen atoms in total. The Hall–Kier alpha value is -1.44. The van der Waals surface area contributed by atoms with E-state index >= 15 is 0 Å². The number of para-hydroxylation sites is 1. The fraction of sp³-hybridized carbons (Fsp3) is 0.579. The summed E-state index contributed by atoms with van der Waals surface area (Å²) in [6, 6.07) is 6.84. The monoisotopic (exact) mass is 286 g/mol. The van der Waals surface area contributed by atoms with Gasteiger partial charge in [-0.1, -0.05) is 45.9 Å². The zero-order chi connectivity index (χ0) is 15.6. The molecule has 0 spiro atoms. The lowest BCUT2D eigenvalue weighted by atomic mass is 9.93. The van der Waals surface area contributed by atoms with Gasteiger partial charge >= 0.3 is 0 Å². The van der Waals surface area contributed by atoms with Crippen LogP contribution in [0.2, 0.25) is 0 Å². The van der Waals surface area contributed by atoms with Gasteiger partial charge in [-0.2, -0.15) is 0 Å². The van der Waals surface area contributed by atoms with Crippen molar-refractivity contribution in [1.82, 2.24) is 4.90 Å². The zero-order valence-corrected chi connectivity index (χ0v) is 14.4. The molecule has 1 heterocycles. The quantitative estimate of drug-likeness (QED) is 0.777. The molecule has 116 valence electrons. The Morgan fingerprint density at radius 1 is 0.952 bits per heavy atom. The van der Waals surface area contributed by atoms with Crippen LogP contribution in [0.4, 0.5) is 5.69 Å². The van der Waals surface area contributed by atoms with Crippen molar-refractivity contribution < 1.29 is 0 Å². The molecule has 2 rings (SSSR count). The maximum absolute atomic E-state index is 2.44. The van der Waals surface area contributed by atoms with Crippen molar-refractivity contribution in [3.63, 3.8) is 0 Å². The van der Waals surface area contributed by atoms with Gasteiger partial charge in [0.25, 0.3) is 0 Å². The molecule has 0 aliphatic carbocycles. The third-order valence-corrected chi connectivity index (χ3v) is 4.17. The Morgan fingerprint density at radius 2 is 1.48 bits per heavy atom. The summed E-state index contributed by atoms with van der Waals surface area (Å²) in [6.07, 6.45) is 7.08. The second kappa shape index (κ2) is 6.55. The Labute approximate surface area is 130 Å². The van der Waals surface area contributed by atoms with Crippen LogP contribution in [-0.4, -0.2) is 18.1 Å². The van der Waals surface area contributed by atoms with Gasteiger partial charge < -0.3 is 9.80 Å². The van der Waals surface area contributed by atoms with Crippen molar-refractivity contribution in [3.8, 4) is 0 Å². The number of hydrogen-bond acceptors (Lipinski definition) is 2. The second-order valence-corrected chi connectivity index (χ2v) is 7.12. The number of benzene rings is 1. The molecule has 1 atom stereocenters. The molecule has 0 bridgehead atoms. The normalized spacial score (nSPS) is 18.4. The van der Waals surface area contributed by atoms with Gasteiger partial charge in [-0.25, -0.2) is 0 Å². The molecule has 1 unspecified atom stereocenters. The van der Waals surface area contributed by atoms with Crippen LogP contribution in [-0.2, 0) is 12.8 Å². The first-order chi connectivity index (χ1) is 9.90. The van der Waals surface area contributed by atoms with Gasteiger partial charge in [0.15, 0.2) is 0 Å². The molecule has 1 aliphatic rings. The van der Waals surface area contributed by atoms with E-state index in [1.165, 1.54) is 16.8 Å². The summed E-state index contributed by atoms with van der Waals surface area (Å²) in [4.78, 5) is 4.71. The van der Waals surface area contributed by atoms with E-state index in [9.17, 15) is 0 Å². The number of hydrogen-bond donors (Lipinski definition) is 0. The molecule has 2 heteroatoms. The van der Waals surface area contributed by atoms with E-state index < -0.39 is 0 Å². The first-order valence-electron chi connectivity index (χ1n) is 8.19. The van der Waals surface area contributed by atoms with E-state index in [1.807, 2.05) is 0 Å². The van der Waals surface area contributed by atoms with E-state index in [4.69, 9.17) is 0 Å². The molecule has 0 amide bonds. The smallest absolute Gasteiger partial charge is 0.102 e. The summed E-state index contributed by atoms with van der Waals surface area (Å²) >= 11 is 0. The highest BCUT2D eigenvalue weighted by atomic mass is 15.4. The summed E-state index contributed by atoms with van der Waals surface area (Å²) in [5.41, 5.74) is 4.40. The fourth-order valence-electron chi connectivity index (χ4n) is 3.07. The maximum Gasteiger partial charge on any atom is 0.102 e. The van der Waals surface area contributed by atoms with Gasteiger partial charge in [-0.05, 0) is 42.7 Å². The average Bonchev–Trinajstić information content (AvgIpc) is 2.69. The standard InChI is InChI=1S/C19H30N2/c1-14(2)12-17-8-7-9-18(13-15(3)4)19(17)21-11-10-20(6)16(21)5/h7-11,14-16H,12-13H2,1-6H3. The zero-order valence-electron chi connectivity index (χ0n) is 14.4. The van der Waals surface area contributed by atoms with Gasteiger partial charge in [0.1, 0.15) is 6.17 Å². The van der Waals surface area contributed by atoms with Gasteiger partial charge in [-0.3, -0.25) is 0 Å². The van der Waals surface area contributed by atoms with Crippen LogP contribution in [0.15, 0.2) is 30.6 Å².